The number of fused-ring (bicyclic) bond motifs is 3. The number of hydrogen-bond acceptors (Lipinski definition) is 16. The number of aliphatic hydroxyl groups is 3. The van der Waals surface area contributed by atoms with E-state index in [0.717, 1.165) is 54.6 Å². The minimum absolute atomic E-state index is 0. The summed E-state index contributed by atoms with van der Waals surface area (Å²) in [6.07, 6.45) is -5.25. The number of carbonyl (C=O) groups excluding carboxylic acids is 2. The van der Waals surface area contributed by atoms with Gasteiger partial charge in [0, 0.05) is 107 Å². The lowest BCUT2D eigenvalue weighted by atomic mass is 10.0. The van der Waals surface area contributed by atoms with Gasteiger partial charge in [0.2, 0.25) is 0 Å². The van der Waals surface area contributed by atoms with Crippen molar-refractivity contribution in [3.05, 3.63) is 162 Å². The van der Waals surface area contributed by atoms with Crippen LogP contribution in [0.15, 0.2) is 110 Å². The summed E-state index contributed by atoms with van der Waals surface area (Å²) in [7, 11) is 0. The average molecular weight is 1310 g/mol. The Balaban J connectivity index is 0.000000171. The molecule has 6 fully saturated rings. The molecule has 0 saturated carbocycles. The number of halogens is 6. The van der Waals surface area contributed by atoms with E-state index in [-0.39, 0.29) is 116 Å². The molecule has 93 heavy (non-hydrogen) atoms. The lowest BCUT2D eigenvalue weighted by molar-refractivity contribution is 0.176. The molecule has 6 aliphatic heterocycles. The van der Waals surface area contributed by atoms with E-state index in [0.29, 0.717) is 11.3 Å². The first-order valence-corrected chi connectivity index (χ1v) is 27.8. The van der Waals surface area contributed by atoms with Crippen molar-refractivity contribution in [2.24, 2.45) is 0 Å². The zero-order valence-corrected chi connectivity index (χ0v) is 47.3. The van der Waals surface area contributed by atoms with Gasteiger partial charge in [0.1, 0.15) is 63.7 Å². The second-order valence-corrected chi connectivity index (χ2v) is 20.2. The van der Waals surface area contributed by atoms with Crippen LogP contribution < -0.4 is 36.4 Å². The second-order valence-electron chi connectivity index (χ2n) is 20.2. The molecular weight excluding hydrogens is 1210 g/mol. The molecule has 6 saturated heterocycles. The van der Waals surface area contributed by atoms with Crippen molar-refractivity contribution >= 4 is 63.5 Å². The second kappa shape index (κ2) is 29.1. The van der Waals surface area contributed by atoms with Gasteiger partial charge < -0.3 is 61.5 Å². The summed E-state index contributed by atoms with van der Waals surface area (Å²) in [4.78, 5) is 43.1. The van der Waals surface area contributed by atoms with Gasteiger partial charge in [0.15, 0.2) is 16.9 Å². The van der Waals surface area contributed by atoms with Crippen molar-refractivity contribution in [3.63, 3.8) is 0 Å². The molecule has 0 bridgehead atoms. The van der Waals surface area contributed by atoms with Crippen LogP contribution in [-0.4, -0.2) is 158 Å². The molecule has 3 aromatic carbocycles. The van der Waals surface area contributed by atoms with E-state index >= 15 is 0 Å². The topological polar surface area (TPSA) is 264 Å². The molecule has 0 aliphatic carbocycles. The predicted molar refractivity (Wildman–Crippen MR) is 340 cm³/mol. The van der Waals surface area contributed by atoms with Crippen molar-refractivity contribution in [1.82, 2.24) is 58.9 Å². The number of β-amino-alcohol motifs (C(OH)–C–C–N with tert-alkyl or cyclic N) is 3. The summed E-state index contributed by atoms with van der Waals surface area (Å²) in [5, 5.41) is 47.6. The van der Waals surface area contributed by atoms with Gasteiger partial charge in [-0.15, -0.1) is 0 Å². The number of nitrogens with zero attached hydrogens (tertiary/aromatic N) is 14. The molecular formula is C64H76F6N18O5. The summed E-state index contributed by atoms with van der Waals surface area (Å²) in [6.45, 7) is -14.2. The highest BCUT2D eigenvalue weighted by Crippen LogP contribution is 2.40. The normalized spacial score (nSPS) is 31.4. The Hall–Kier alpha value is -9.32. The number of amides is 4. The van der Waals surface area contributed by atoms with Crippen LogP contribution in [0.5, 0.6) is 0 Å². The Labute approximate surface area is 561 Å². The highest BCUT2D eigenvalue weighted by atomic mass is 19.1. The van der Waals surface area contributed by atoms with Crippen LogP contribution in [0.3, 0.4) is 0 Å². The van der Waals surface area contributed by atoms with Crippen LogP contribution in [0.1, 0.15) is 136 Å². The highest BCUT2D eigenvalue weighted by molar-refractivity contribution is 5.94. The monoisotopic (exact) mass is 1310 g/mol. The number of hydrogen-bond donors (Lipinski definition) is 7. The van der Waals surface area contributed by atoms with E-state index in [1.807, 2.05) is 5.32 Å². The number of benzene rings is 3. The Morgan fingerprint density at radius 1 is 0.538 bits per heavy atom. The predicted octanol–water partition coefficient (Wildman–Crippen LogP) is 9.44. The molecule has 15 rings (SSSR count). The number of nitrogens with two attached hydrogens (primary N) is 1. The van der Waals surface area contributed by atoms with Crippen molar-refractivity contribution in [3.8, 4) is 0 Å². The molecule has 2 unspecified atom stereocenters. The average Bonchev–Trinajstić information content (AvgIpc) is 1.57. The number of rotatable bonds is 8. The minimum Gasteiger partial charge on any atom is -0.394 e. The summed E-state index contributed by atoms with van der Waals surface area (Å²) in [6, 6.07) is 2.57. The number of urea groups is 2. The van der Waals surface area contributed by atoms with Gasteiger partial charge in [-0.05, 0) is 137 Å². The van der Waals surface area contributed by atoms with Crippen molar-refractivity contribution in [2.45, 2.75) is 109 Å². The smallest absolute Gasteiger partial charge is 0.322 e. The fourth-order valence-corrected chi connectivity index (χ4v) is 9.92. The third-order valence-electron chi connectivity index (χ3n) is 14.1. The molecule has 8 N–H and O–H groups in total. The molecule has 0 radical (unpaired) electrons. The van der Waals surface area contributed by atoms with Crippen LogP contribution in [0, 0.1) is 34.9 Å². The zero-order valence-electron chi connectivity index (χ0n) is 68.3. The Kier molecular flexibility index (Phi) is 13.9. The van der Waals surface area contributed by atoms with E-state index in [9.17, 15) is 46.1 Å². The maximum absolute atomic E-state index is 14.8. The van der Waals surface area contributed by atoms with E-state index in [1.54, 1.807) is 12.3 Å². The zero-order chi connectivity index (χ0) is 82.4. The van der Waals surface area contributed by atoms with Gasteiger partial charge in [-0.1, -0.05) is 14.9 Å². The maximum Gasteiger partial charge on any atom is 0.322 e. The molecule has 9 aromatic rings. The molecule has 4 amide bonds. The maximum atomic E-state index is 14.8. The number of likely N-dealkylation sites (tertiary alicyclic amines) is 2. The summed E-state index contributed by atoms with van der Waals surface area (Å²) in [5.74, 6) is -4.96. The number of nitrogen functional groups attached to an aromatic ring is 1. The highest BCUT2D eigenvalue weighted by Gasteiger charge is 2.34. The number of nitrogens with one attached hydrogen (secondary N) is 3. The molecule has 23 nitrogen and oxygen atoms in total. The van der Waals surface area contributed by atoms with E-state index in [4.69, 9.17) is 39.6 Å². The molecule has 29 heteroatoms. The molecule has 6 atom stereocenters. The van der Waals surface area contributed by atoms with Crippen LogP contribution in [-0.2, 0) is 0 Å². The first-order valence-electron chi connectivity index (χ1n) is 38.3. The van der Waals surface area contributed by atoms with Gasteiger partial charge in [0.25, 0.3) is 0 Å². The third kappa shape index (κ3) is 14.8. The molecule has 6 aromatic heterocycles. The number of aromatic nitrogens is 9. The number of aliphatic hydroxyl groups excluding tert-OH is 3. The number of carbonyl (C=O) groups is 2. The largest absolute Gasteiger partial charge is 0.394 e. The summed E-state index contributed by atoms with van der Waals surface area (Å²) >= 11 is 0. The lowest BCUT2D eigenvalue weighted by Gasteiger charge is -2.26. The van der Waals surface area contributed by atoms with Crippen LogP contribution in [0.4, 0.5) is 70.4 Å². The van der Waals surface area contributed by atoms with Crippen LogP contribution >= 0.6 is 0 Å². The Bertz CT molecular complexity index is 4950. The van der Waals surface area contributed by atoms with Crippen molar-refractivity contribution < 1.29 is 80.0 Å². The van der Waals surface area contributed by atoms with Gasteiger partial charge in [0.05, 0.1) is 70.2 Å². The molecule has 6 aliphatic rings. The SMILES string of the molecule is C.C.[2H]C1([2H])CCN(c2ccn3ncc(N)c3n2)C1([2H])c1cc(F)ccc1F.[2H]C1([2H])C[C@H](O)C([2H])([2H])N1.[2H]C1([2H])C[C@H](O)C([2H])([2H])N1C(=O)Nc1cnn2ccc(N3CCC([2H])([2H])C3([2H])c3cc(F)ccc3F)nc12.[2H]C1([2H])C[C@H](O)C([2H])([2H])N1C(=O)Nc1cnn2ccc(N3CCC([2H])([2H])[C@@]3([2H])c3cc(F)ccc3F)nc12. The third-order valence-corrected chi connectivity index (χ3v) is 14.1. The first-order chi connectivity index (χ1) is 51.8. The van der Waals surface area contributed by atoms with Gasteiger partial charge >= 0.3 is 12.1 Å². The van der Waals surface area contributed by atoms with Gasteiger partial charge in [-0.3, -0.25) is 0 Å². The first kappa shape index (κ1) is 44.3. The van der Waals surface area contributed by atoms with E-state index in [1.165, 1.54) is 71.4 Å². The molecule has 0 spiro atoms. The molecule has 494 valence electrons. The standard InChI is InChI=1S/2C21H22F2N6O2.C16H15F2N5.C4H9NO.2CH4/c2*22-13-3-4-16(23)15(10-13)18-2-1-7-28(18)19-6-9-29-20(26-19)17(11-24-29)25-21(31)27-8-5-14(30)12-27;17-10-3-4-12(18)11(8-10)14-2-1-6-22(14)15-5-7-23-16(21-15)13(19)9-20-23;6-4-1-2-5-3-4;;/h2*3-4,6,9-11,14,18,30H,1-2,5,7-8,12H2,(H,25,31);3-5,7-9,14H,1-2,6,19H2;4-6H,1-3H2;2*1H4/t14-,18?;14-,18-;;4-;;/m00.0../s1/i2*2D2,8D2,12D2,18D;2D2,14D;2D2,3D2;;. The van der Waals surface area contributed by atoms with Crippen LogP contribution in [0.2, 0.25) is 0 Å². The number of anilines is 6. The summed E-state index contributed by atoms with van der Waals surface area (Å²) < 4.78 is 259. The summed E-state index contributed by atoms with van der Waals surface area (Å²) in [5.41, 5.74) is 4.91. The van der Waals surface area contributed by atoms with E-state index < -0.39 is 165 Å². The minimum atomic E-state index is -2.70. The van der Waals surface area contributed by atoms with Crippen LogP contribution in [0.25, 0.3) is 16.9 Å². The fourth-order valence-electron chi connectivity index (χ4n) is 9.92. The van der Waals surface area contributed by atoms with E-state index in [2.05, 4.69) is 40.9 Å². The fraction of sp³-hybridized carbons (Fsp3) is 0.406. The van der Waals surface area contributed by atoms with Crippen molar-refractivity contribution in [1.29, 1.82) is 0 Å². The quantitative estimate of drug-likeness (QED) is 0.0699. The van der Waals surface area contributed by atoms with Crippen molar-refractivity contribution in [2.75, 3.05) is 89.7 Å². The van der Waals surface area contributed by atoms with Gasteiger partial charge in [-0.2, -0.15) is 15.3 Å². The molecule has 12 heterocycles. The lowest BCUT2D eigenvalue weighted by Crippen LogP contribution is -2.33. The van der Waals surface area contributed by atoms with Gasteiger partial charge in [-0.25, -0.2) is 64.4 Å². The Morgan fingerprint density at radius 3 is 1.26 bits per heavy atom. The Morgan fingerprint density at radius 2 is 0.914 bits per heavy atom.